The lowest BCUT2D eigenvalue weighted by Crippen LogP contribution is -1.97. The minimum atomic E-state index is -1.07. The van der Waals surface area contributed by atoms with Crippen molar-refractivity contribution in [3.05, 3.63) is 53.5 Å². The Balaban J connectivity index is 2.37. The van der Waals surface area contributed by atoms with Gasteiger partial charge in [-0.1, -0.05) is 17.8 Å². The molecule has 0 saturated carbocycles. The van der Waals surface area contributed by atoms with Gasteiger partial charge in [-0.3, -0.25) is 0 Å². The molecular weight excluding hydrogens is 253 g/mol. The number of benzene rings is 1. The van der Waals surface area contributed by atoms with Crippen LogP contribution in [0.3, 0.4) is 0 Å². The largest absolute Gasteiger partial charge is 0.478 e. The highest BCUT2D eigenvalue weighted by atomic mass is 32.2. The summed E-state index contributed by atoms with van der Waals surface area (Å²) in [5.41, 5.74) is 0.982. The molecule has 5 heteroatoms. The van der Waals surface area contributed by atoms with Gasteiger partial charge < -0.3 is 5.11 Å². The number of hydrogen-bond acceptors (Lipinski definition) is 3. The molecule has 0 radical (unpaired) electrons. The van der Waals surface area contributed by atoms with Crippen LogP contribution in [0.2, 0.25) is 0 Å². The van der Waals surface area contributed by atoms with Gasteiger partial charge in [-0.15, -0.1) is 0 Å². The maximum Gasteiger partial charge on any atom is 0.335 e. The van der Waals surface area contributed by atoms with Crippen LogP contribution >= 0.6 is 11.8 Å². The molecule has 0 saturated heterocycles. The Morgan fingerprint density at radius 1 is 1.39 bits per heavy atom. The van der Waals surface area contributed by atoms with Gasteiger partial charge >= 0.3 is 5.97 Å². The van der Waals surface area contributed by atoms with E-state index in [4.69, 9.17) is 5.11 Å². The first-order valence-electron chi connectivity index (χ1n) is 5.20. The lowest BCUT2D eigenvalue weighted by molar-refractivity contribution is 0.0696. The standard InChI is InChI=1S/C13H10FNO2S/c1-8-3-2-6-15-12(8)18-11-7-9(13(16)17)4-5-10(11)14/h2-7H,1H3,(H,16,17). The van der Waals surface area contributed by atoms with E-state index in [9.17, 15) is 9.18 Å². The molecule has 0 aliphatic carbocycles. The molecule has 2 aromatic rings. The van der Waals surface area contributed by atoms with Gasteiger partial charge in [0.2, 0.25) is 0 Å². The Hall–Kier alpha value is -1.88. The average Bonchev–Trinajstić information content (AvgIpc) is 2.34. The van der Waals surface area contributed by atoms with E-state index in [1.807, 2.05) is 13.0 Å². The average molecular weight is 263 g/mol. The summed E-state index contributed by atoms with van der Waals surface area (Å²) in [6, 6.07) is 7.38. The van der Waals surface area contributed by atoms with E-state index < -0.39 is 11.8 Å². The number of carboxylic acid groups (broad SMARTS) is 1. The van der Waals surface area contributed by atoms with Crippen LogP contribution < -0.4 is 0 Å². The Morgan fingerprint density at radius 3 is 2.83 bits per heavy atom. The molecule has 0 atom stereocenters. The molecule has 0 bridgehead atoms. The van der Waals surface area contributed by atoms with Crippen molar-refractivity contribution in [2.24, 2.45) is 0 Å². The maximum absolute atomic E-state index is 13.6. The zero-order chi connectivity index (χ0) is 13.1. The first-order valence-corrected chi connectivity index (χ1v) is 6.02. The maximum atomic E-state index is 13.6. The number of aryl methyl sites for hydroxylation is 1. The number of pyridine rings is 1. The third kappa shape index (κ3) is 2.68. The first-order chi connectivity index (χ1) is 8.58. The van der Waals surface area contributed by atoms with Crippen molar-refractivity contribution in [2.45, 2.75) is 16.8 Å². The molecule has 2 rings (SSSR count). The van der Waals surface area contributed by atoms with Crippen molar-refractivity contribution in [1.29, 1.82) is 0 Å². The number of nitrogens with zero attached hydrogens (tertiary/aromatic N) is 1. The van der Waals surface area contributed by atoms with Crippen LogP contribution in [0.15, 0.2) is 46.5 Å². The van der Waals surface area contributed by atoms with E-state index in [-0.39, 0.29) is 10.5 Å². The number of rotatable bonds is 3. The summed E-state index contributed by atoms with van der Waals surface area (Å²) in [5, 5.41) is 9.54. The van der Waals surface area contributed by atoms with Gasteiger partial charge in [0.05, 0.1) is 10.5 Å². The Bertz CT molecular complexity index is 601. The predicted molar refractivity (Wildman–Crippen MR) is 66.5 cm³/mol. The van der Waals surface area contributed by atoms with E-state index in [0.717, 1.165) is 23.4 Å². The molecule has 1 aromatic heterocycles. The minimum Gasteiger partial charge on any atom is -0.478 e. The van der Waals surface area contributed by atoms with E-state index >= 15 is 0 Å². The topological polar surface area (TPSA) is 50.2 Å². The highest BCUT2D eigenvalue weighted by molar-refractivity contribution is 7.99. The number of aromatic nitrogens is 1. The molecule has 1 aromatic carbocycles. The van der Waals surface area contributed by atoms with Gasteiger partial charge in [-0.05, 0) is 36.8 Å². The second kappa shape index (κ2) is 5.18. The third-order valence-corrected chi connectivity index (χ3v) is 3.50. The third-order valence-electron chi connectivity index (χ3n) is 2.35. The summed E-state index contributed by atoms with van der Waals surface area (Å²) in [5.74, 6) is -1.52. The van der Waals surface area contributed by atoms with Crippen molar-refractivity contribution in [1.82, 2.24) is 4.98 Å². The molecule has 1 heterocycles. The highest BCUT2D eigenvalue weighted by Crippen LogP contribution is 2.30. The molecule has 0 aliphatic heterocycles. The quantitative estimate of drug-likeness (QED) is 0.922. The van der Waals surface area contributed by atoms with Crippen LogP contribution in [0.4, 0.5) is 4.39 Å². The zero-order valence-corrected chi connectivity index (χ0v) is 10.4. The van der Waals surface area contributed by atoms with Crippen molar-refractivity contribution in [2.75, 3.05) is 0 Å². The van der Waals surface area contributed by atoms with E-state index in [2.05, 4.69) is 4.98 Å². The number of aromatic carboxylic acids is 1. The first kappa shape index (κ1) is 12.6. The Kier molecular flexibility index (Phi) is 3.62. The van der Waals surface area contributed by atoms with Gasteiger partial charge in [-0.2, -0.15) is 0 Å². The van der Waals surface area contributed by atoms with Crippen molar-refractivity contribution in [3.63, 3.8) is 0 Å². The molecule has 0 amide bonds. The normalized spacial score (nSPS) is 10.3. The molecule has 1 N–H and O–H groups in total. The van der Waals surface area contributed by atoms with Crippen LogP contribution in [-0.2, 0) is 0 Å². The number of carbonyl (C=O) groups is 1. The second-order valence-corrected chi connectivity index (χ2v) is 4.71. The summed E-state index contributed by atoms with van der Waals surface area (Å²) in [6.07, 6.45) is 1.62. The molecule has 18 heavy (non-hydrogen) atoms. The van der Waals surface area contributed by atoms with Crippen LogP contribution in [0.1, 0.15) is 15.9 Å². The number of carboxylic acids is 1. The number of hydrogen-bond donors (Lipinski definition) is 1. The second-order valence-electron chi connectivity index (χ2n) is 3.68. The Morgan fingerprint density at radius 2 is 2.17 bits per heavy atom. The van der Waals surface area contributed by atoms with Crippen LogP contribution in [0.5, 0.6) is 0 Å². The molecule has 92 valence electrons. The molecule has 0 aliphatic rings. The number of halogens is 1. The summed E-state index contributed by atoms with van der Waals surface area (Å²) in [7, 11) is 0. The summed E-state index contributed by atoms with van der Waals surface area (Å²) in [6.45, 7) is 1.87. The molecule has 3 nitrogen and oxygen atoms in total. The van der Waals surface area contributed by atoms with Crippen LogP contribution in [0.25, 0.3) is 0 Å². The lowest BCUT2D eigenvalue weighted by atomic mass is 10.2. The fraction of sp³-hybridized carbons (Fsp3) is 0.0769. The predicted octanol–water partition coefficient (Wildman–Crippen LogP) is 3.38. The van der Waals surface area contributed by atoms with Crippen LogP contribution in [0, 0.1) is 12.7 Å². The van der Waals surface area contributed by atoms with E-state index in [1.54, 1.807) is 12.3 Å². The summed E-state index contributed by atoms with van der Waals surface area (Å²) in [4.78, 5) is 15.2. The van der Waals surface area contributed by atoms with Gasteiger partial charge in [0, 0.05) is 6.20 Å². The summed E-state index contributed by atoms with van der Waals surface area (Å²) < 4.78 is 13.6. The van der Waals surface area contributed by atoms with Crippen molar-refractivity contribution < 1.29 is 14.3 Å². The van der Waals surface area contributed by atoms with Gasteiger partial charge in [0.1, 0.15) is 10.8 Å². The lowest BCUT2D eigenvalue weighted by Gasteiger charge is -2.06. The molecule has 0 unspecified atom stereocenters. The van der Waals surface area contributed by atoms with E-state index in [1.165, 1.54) is 12.1 Å². The molecule has 0 fully saturated rings. The monoisotopic (exact) mass is 263 g/mol. The van der Waals surface area contributed by atoms with Gasteiger partial charge in [0.15, 0.2) is 0 Å². The molecular formula is C13H10FNO2S. The van der Waals surface area contributed by atoms with Crippen molar-refractivity contribution in [3.8, 4) is 0 Å². The zero-order valence-electron chi connectivity index (χ0n) is 9.55. The van der Waals surface area contributed by atoms with Crippen LogP contribution in [-0.4, -0.2) is 16.1 Å². The highest BCUT2D eigenvalue weighted by Gasteiger charge is 2.11. The van der Waals surface area contributed by atoms with E-state index in [0.29, 0.717) is 5.03 Å². The molecule has 0 spiro atoms. The van der Waals surface area contributed by atoms with Gasteiger partial charge in [0.25, 0.3) is 0 Å². The minimum absolute atomic E-state index is 0.0625. The summed E-state index contributed by atoms with van der Waals surface area (Å²) >= 11 is 1.12. The van der Waals surface area contributed by atoms with Gasteiger partial charge in [-0.25, -0.2) is 14.2 Å². The Labute approximate surface area is 108 Å². The fourth-order valence-corrected chi connectivity index (χ4v) is 2.30. The smallest absolute Gasteiger partial charge is 0.335 e. The fourth-order valence-electron chi connectivity index (χ4n) is 1.40. The van der Waals surface area contributed by atoms with Crippen molar-refractivity contribution >= 4 is 17.7 Å². The SMILES string of the molecule is Cc1cccnc1Sc1cc(C(=O)O)ccc1F.